The van der Waals surface area contributed by atoms with Crippen molar-refractivity contribution in [2.45, 2.75) is 25.7 Å². The second kappa shape index (κ2) is 4.19. The molecule has 0 N–H and O–H groups in total. The molecule has 0 amide bonds. The molecule has 1 aliphatic carbocycles. The van der Waals surface area contributed by atoms with Gasteiger partial charge in [-0.3, -0.25) is 0 Å². The molecule has 2 aromatic heterocycles. The number of fused-ring (bicyclic) bond motifs is 2. The van der Waals surface area contributed by atoms with E-state index in [1.165, 1.54) is 42.4 Å². The molecule has 94 valence electrons. The van der Waals surface area contributed by atoms with Crippen LogP contribution in [0.4, 0.5) is 0 Å². The lowest BCUT2D eigenvalue weighted by molar-refractivity contribution is 0.686. The molecule has 0 saturated carbocycles. The average Bonchev–Trinajstić information content (AvgIpc) is 2.94. The zero-order valence-electron chi connectivity index (χ0n) is 10.7. The van der Waals surface area contributed by atoms with Crippen molar-refractivity contribution in [2.75, 3.05) is 0 Å². The zero-order valence-corrected chi connectivity index (χ0v) is 10.7. The fourth-order valence-electron chi connectivity index (χ4n) is 2.86. The minimum atomic E-state index is 0.890. The molecule has 0 radical (unpaired) electrons. The van der Waals surface area contributed by atoms with Crippen molar-refractivity contribution >= 4 is 5.65 Å². The molecular weight excluding hydrogens is 234 g/mol. The minimum Gasteiger partial charge on any atom is -0.236 e. The molecule has 0 atom stereocenters. The summed E-state index contributed by atoms with van der Waals surface area (Å²) in [6.45, 7) is 0. The van der Waals surface area contributed by atoms with Crippen LogP contribution in [0.1, 0.15) is 24.0 Å². The lowest BCUT2D eigenvalue weighted by Gasteiger charge is -2.16. The van der Waals surface area contributed by atoms with Gasteiger partial charge in [0.15, 0.2) is 5.65 Å². The number of aromatic nitrogens is 3. The van der Waals surface area contributed by atoms with E-state index < -0.39 is 0 Å². The molecule has 0 aliphatic heterocycles. The molecular formula is C16H15N3. The van der Waals surface area contributed by atoms with Crippen LogP contribution in [0.5, 0.6) is 0 Å². The number of imidazole rings is 1. The predicted octanol–water partition coefficient (Wildman–Crippen LogP) is 3.28. The average molecular weight is 249 g/mol. The van der Waals surface area contributed by atoms with Crippen molar-refractivity contribution in [1.82, 2.24) is 14.6 Å². The van der Waals surface area contributed by atoms with Gasteiger partial charge in [0.2, 0.25) is 0 Å². The second-order valence-electron chi connectivity index (χ2n) is 5.14. The van der Waals surface area contributed by atoms with E-state index in [0.717, 1.165) is 11.3 Å². The highest BCUT2D eigenvalue weighted by atomic mass is 15.2. The van der Waals surface area contributed by atoms with Crippen LogP contribution in [0.3, 0.4) is 0 Å². The molecule has 3 aromatic rings. The largest absolute Gasteiger partial charge is 0.236 e. The Morgan fingerprint density at radius 2 is 1.84 bits per heavy atom. The summed E-state index contributed by atoms with van der Waals surface area (Å²) in [7, 11) is 0. The van der Waals surface area contributed by atoms with E-state index >= 15 is 0 Å². The molecule has 0 unspecified atom stereocenters. The highest BCUT2D eigenvalue weighted by Gasteiger charge is 2.11. The summed E-state index contributed by atoms with van der Waals surface area (Å²) >= 11 is 0. The maximum Gasteiger partial charge on any atom is 0.153 e. The summed E-state index contributed by atoms with van der Waals surface area (Å²) in [5, 5.41) is 4.61. The summed E-state index contributed by atoms with van der Waals surface area (Å²) in [4.78, 5) is 4.22. The molecule has 3 nitrogen and oxygen atoms in total. The number of hydrogen-bond acceptors (Lipinski definition) is 2. The first kappa shape index (κ1) is 10.7. The van der Waals surface area contributed by atoms with Crippen LogP contribution >= 0.6 is 0 Å². The van der Waals surface area contributed by atoms with Gasteiger partial charge in [-0.1, -0.05) is 12.1 Å². The third-order valence-corrected chi connectivity index (χ3v) is 3.90. The number of aryl methyl sites for hydroxylation is 2. The first-order valence-corrected chi connectivity index (χ1v) is 6.83. The van der Waals surface area contributed by atoms with E-state index in [9.17, 15) is 0 Å². The van der Waals surface area contributed by atoms with Crippen molar-refractivity contribution in [2.24, 2.45) is 0 Å². The van der Waals surface area contributed by atoms with E-state index in [1.54, 1.807) is 6.20 Å². The molecule has 0 fully saturated rings. The maximum atomic E-state index is 4.61. The fourth-order valence-corrected chi connectivity index (χ4v) is 2.86. The third kappa shape index (κ3) is 1.82. The van der Waals surface area contributed by atoms with Crippen molar-refractivity contribution in [3.05, 3.63) is 53.9 Å². The van der Waals surface area contributed by atoms with Gasteiger partial charge in [0.05, 0.1) is 5.69 Å². The molecule has 4 rings (SSSR count). The van der Waals surface area contributed by atoms with Gasteiger partial charge in [-0.25, -0.2) is 9.50 Å². The van der Waals surface area contributed by atoms with E-state index in [1.807, 2.05) is 22.8 Å². The van der Waals surface area contributed by atoms with E-state index in [-0.39, 0.29) is 0 Å². The van der Waals surface area contributed by atoms with E-state index in [4.69, 9.17) is 0 Å². The molecule has 0 saturated heterocycles. The van der Waals surface area contributed by atoms with Gasteiger partial charge in [0, 0.05) is 18.0 Å². The zero-order chi connectivity index (χ0) is 12.7. The Labute approximate surface area is 111 Å². The monoisotopic (exact) mass is 249 g/mol. The van der Waals surface area contributed by atoms with Crippen LogP contribution in [-0.4, -0.2) is 14.6 Å². The van der Waals surface area contributed by atoms with E-state index in [2.05, 4.69) is 28.3 Å². The van der Waals surface area contributed by atoms with Crippen molar-refractivity contribution in [3.63, 3.8) is 0 Å². The smallest absolute Gasteiger partial charge is 0.153 e. The summed E-state index contributed by atoms with van der Waals surface area (Å²) in [5.41, 5.74) is 6.12. The molecule has 0 spiro atoms. The summed E-state index contributed by atoms with van der Waals surface area (Å²) in [5.74, 6) is 0. The van der Waals surface area contributed by atoms with Gasteiger partial charge >= 0.3 is 0 Å². The Morgan fingerprint density at radius 3 is 2.79 bits per heavy atom. The number of nitrogens with zero attached hydrogens (tertiary/aromatic N) is 3. The van der Waals surface area contributed by atoms with Crippen molar-refractivity contribution in [3.8, 4) is 11.3 Å². The quantitative estimate of drug-likeness (QED) is 0.662. The normalized spacial score (nSPS) is 14.5. The second-order valence-corrected chi connectivity index (χ2v) is 5.14. The van der Waals surface area contributed by atoms with Gasteiger partial charge in [0.25, 0.3) is 0 Å². The molecule has 3 heteroatoms. The molecule has 0 bridgehead atoms. The number of benzene rings is 1. The minimum absolute atomic E-state index is 0.890. The predicted molar refractivity (Wildman–Crippen MR) is 75.1 cm³/mol. The lowest BCUT2D eigenvalue weighted by atomic mass is 9.90. The lowest BCUT2D eigenvalue weighted by Crippen LogP contribution is -2.02. The SMILES string of the molecule is c1cn2nc(-c3ccc4c(c3)CCCC4)ccc2n1. The summed E-state index contributed by atoms with van der Waals surface area (Å²) < 4.78 is 1.83. The van der Waals surface area contributed by atoms with Crippen LogP contribution in [0, 0.1) is 0 Å². The highest BCUT2D eigenvalue weighted by molar-refractivity contribution is 5.62. The molecule has 2 heterocycles. The molecule has 1 aromatic carbocycles. The maximum absolute atomic E-state index is 4.61. The standard InChI is InChI=1S/C16H15N3/c1-2-4-13-11-14(6-5-12(13)3-1)15-7-8-16-17-9-10-19(16)18-15/h5-11H,1-4H2. The Morgan fingerprint density at radius 1 is 0.947 bits per heavy atom. The number of rotatable bonds is 1. The van der Waals surface area contributed by atoms with Crippen LogP contribution in [0.25, 0.3) is 16.9 Å². The van der Waals surface area contributed by atoms with Crippen molar-refractivity contribution in [1.29, 1.82) is 0 Å². The fraction of sp³-hybridized carbons (Fsp3) is 0.250. The van der Waals surface area contributed by atoms with Crippen LogP contribution in [0.2, 0.25) is 0 Å². The van der Waals surface area contributed by atoms with Gasteiger partial charge in [0.1, 0.15) is 0 Å². The van der Waals surface area contributed by atoms with Gasteiger partial charge in [-0.15, -0.1) is 0 Å². The Balaban J connectivity index is 1.82. The van der Waals surface area contributed by atoms with E-state index in [0.29, 0.717) is 0 Å². The molecule has 1 aliphatic rings. The first-order valence-electron chi connectivity index (χ1n) is 6.83. The van der Waals surface area contributed by atoms with Gasteiger partial charge in [-0.05, 0) is 55.0 Å². The summed E-state index contributed by atoms with van der Waals surface area (Å²) in [6, 6.07) is 10.8. The van der Waals surface area contributed by atoms with Crippen LogP contribution in [0.15, 0.2) is 42.7 Å². The van der Waals surface area contributed by atoms with Crippen molar-refractivity contribution < 1.29 is 0 Å². The molecule has 19 heavy (non-hydrogen) atoms. The first-order chi connectivity index (χ1) is 9.40. The highest BCUT2D eigenvalue weighted by Crippen LogP contribution is 2.26. The number of hydrogen-bond donors (Lipinski definition) is 0. The van der Waals surface area contributed by atoms with Crippen LogP contribution in [-0.2, 0) is 12.8 Å². The summed E-state index contributed by atoms with van der Waals surface area (Å²) in [6.07, 6.45) is 8.73. The van der Waals surface area contributed by atoms with Gasteiger partial charge in [-0.2, -0.15) is 5.10 Å². The Kier molecular flexibility index (Phi) is 2.37. The topological polar surface area (TPSA) is 30.2 Å². The third-order valence-electron chi connectivity index (χ3n) is 3.90. The Bertz CT molecular complexity index is 743. The van der Waals surface area contributed by atoms with Crippen LogP contribution < -0.4 is 0 Å². The van der Waals surface area contributed by atoms with Gasteiger partial charge < -0.3 is 0 Å². The Hall–Kier alpha value is -2.16.